The number of amides is 1. The van der Waals surface area contributed by atoms with Gasteiger partial charge < -0.3 is 9.64 Å². The Morgan fingerprint density at radius 1 is 1.57 bits per heavy atom. The summed E-state index contributed by atoms with van der Waals surface area (Å²) in [6.45, 7) is 5.37. The Bertz CT molecular complexity index is 199. The Morgan fingerprint density at radius 3 is 2.93 bits per heavy atom. The van der Waals surface area contributed by atoms with Crippen LogP contribution in [0.3, 0.4) is 0 Å². The van der Waals surface area contributed by atoms with E-state index < -0.39 is 0 Å². The highest BCUT2D eigenvalue weighted by molar-refractivity contribution is 6.17. The molecule has 0 bridgehead atoms. The summed E-state index contributed by atoms with van der Waals surface area (Å²) in [6.07, 6.45) is 1.48. The van der Waals surface area contributed by atoms with E-state index in [2.05, 4.69) is 0 Å². The molecule has 1 aliphatic rings. The van der Waals surface area contributed by atoms with Crippen molar-refractivity contribution in [3.05, 3.63) is 0 Å². The van der Waals surface area contributed by atoms with E-state index in [9.17, 15) is 4.79 Å². The third kappa shape index (κ3) is 3.14. The van der Waals surface area contributed by atoms with Gasteiger partial charge in [-0.05, 0) is 20.3 Å². The van der Waals surface area contributed by atoms with Crippen molar-refractivity contribution in [1.29, 1.82) is 0 Å². The molecular formula is C10H18ClNO2. The zero-order valence-corrected chi connectivity index (χ0v) is 9.59. The molecule has 0 spiro atoms. The molecule has 2 unspecified atom stereocenters. The number of alkyl halides is 1. The molecule has 82 valence electrons. The van der Waals surface area contributed by atoms with Crippen molar-refractivity contribution in [2.45, 2.75) is 38.8 Å². The molecule has 0 aromatic carbocycles. The summed E-state index contributed by atoms with van der Waals surface area (Å²) < 4.78 is 5.45. The second-order valence-corrected chi connectivity index (χ2v) is 4.21. The molecule has 4 heteroatoms. The second-order valence-electron chi connectivity index (χ2n) is 3.83. The molecule has 1 amide bonds. The van der Waals surface area contributed by atoms with Crippen LogP contribution < -0.4 is 0 Å². The Kier molecular flexibility index (Phi) is 4.69. The number of hydrogen-bond donors (Lipinski definition) is 0. The van der Waals surface area contributed by atoms with Gasteiger partial charge in [-0.3, -0.25) is 4.79 Å². The summed E-state index contributed by atoms with van der Waals surface area (Å²) in [7, 11) is 0. The molecule has 0 saturated carbocycles. The summed E-state index contributed by atoms with van der Waals surface area (Å²) >= 11 is 5.55. The lowest BCUT2D eigenvalue weighted by molar-refractivity contribution is -0.143. The average Bonchev–Trinajstić information content (AvgIpc) is 2.18. The highest BCUT2D eigenvalue weighted by atomic mass is 35.5. The summed E-state index contributed by atoms with van der Waals surface area (Å²) in [5.74, 6) is 0.758. The molecule has 1 saturated heterocycles. The minimum Gasteiger partial charge on any atom is -0.375 e. The Balaban J connectivity index is 2.43. The number of rotatable bonds is 3. The van der Waals surface area contributed by atoms with Crippen molar-refractivity contribution in [3.63, 3.8) is 0 Å². The van der Waals surface area contributed by atoms with E-state index in [1.54, 1.807) is 0 Å². The van der Waals surface area contributed by atoms with E-state index in [1.165, 1.54) is 0 Å². The van der Waals surface area contributed by atoms with E-state index in [0.717, 1.165) is 6.42 Å². The van der Waals surface area contributed by atoms with Crippen molar-refractivity contribution in [3.8, 4) is 0 Å². The van der Waals surface area contributed by atoms with Crippen LogP contribution in [-0.4, -0.2) is 42.0 Å². The largest absolute Gasteiger partial charge is 0.375 e. The smallest absolute Gasteiger partial charge is 0.223 e. The van der Waals surface area contributed by atoms with Crippen LogP contribution in [0.4, 0.5) is 0 Å². The van der Waals surface area contributed by atoms with Gasteiger partial charge >= 0.3 is 0 Å². The lowest BCUT2D eigenvalue weighted by atomic mass is 10.2. The number of nitrogens with zero attached hydrogens (tertiary/aromatic N) is 1. The highest BCUT2D eigenvalue weighted by Crippen LogP contribution is 2.13. The molecule has 1 heterocycles. The molecule has 1 aliphatic heterocycles. The molecule has 0 aromatic rings. The normalized spacial score (nSPS) is 27.8. The summed E-state index contributed by atoms with van der Waals surface area (Å²) in [5.41, 5.74) is 0. The van der Waals surface area contributed by atoms with Crippen LogP contribution in [0.15, 0.2) is 0 Å². The van der Waals surface area contributed by atoms with Crippen LogP contribution in [0.25, 0.3) is 0 Å². The fourth-order valence-electron chi connectivity index (χ4n) is 1.61. The maximum atomic E-state index is 11.7. The van der Waals surface area contributed by atoms with Crippen LogP contribution in [-0.2, 0) is 9.53 Å². The number of ether oxygens (including phenoxy) is 1. The van der Waals surface area contributed by atoms with Crippen molar-refractivity contribution in [2.24, 2.45) is 0 Å². The molecule has 1 fully saturated rings. The molecule has 3 nitrogen and oxygen atoms in total. The molecule has 0 N–H and O–H groups in total. The predicted octanol–water partition coefficient (Wildman–Crippen LogP) is 1.64. The van der Waals surface area contributed by atoms with Gasteiger partial charge in [-0.2, -0.15) is 0 Å². The summed E-state index contributed by atoms with van der Waals surface area (Å²) in [4.78, 5) is 13.6. The molecule has 1 rings (SSSR count). The maximum Gasteiger partial charge on any atom is 0.223 e. The quantitative estimate of drug-likeness (QED) is 0.676. The van der Waals surface area contributed by atoms with Crippen molar-refractivity contribution in [2.75, 3.05) is 19.0 Å². The Morgan fingerprint density at radius 2 is 2.29 bits per heavy atom. The number of halogens is 1. The standard InChI is InChI=1S/C10H18ClNO2/c1-8-7-14-9(2)6-12(8)10(13)4-3-5-11/h8-9H,3-7H2,1-2H3. The third-order valence-corrected chi connectivity index (χ3v) is 2.72. The minimum absolute atomic E-state index is 0.158. The molecule has 0 radical (unpaired) electrons. The van der Waals surface area contributed by atoms with Gasteiger partial charge in [0.15, 0.2) is 0 Å². The third-order valence-electron chi connectivity index (χ3n) is 2.45. The molecule has 0 aromatic heterocycles. The van der Waals surface area contributed by atoms with Gasteiger partial charge in [0.25, 0.3) is 0 Å². The number of morpholine rings is 1. The summed E-state index contributed by atoms with van der Waals surface area (Å²) in [6, 6.07) is 0.203. The number of carbonyl (C=O) groups excluding carboxylic acids is 1. The Labute approximate surface area is 90.4 Å². The molecule has 14 heavy (non-hydrogen) atoms. The van der Waals surface area contributed by atoms with E-state index in [-0.39, 0.29) is 18.1 Å². The number of carbonyl (C=O) groups is 1. The fourth-order valence-corrected chi connectivity index (χ4v) is 1.75. The van der Waals surface area contributed by atoms with Gasteiger partial charge in [-0.15, -0.1) is 11.6 Å². The zero-order valence-electron chi connectivity index (χ0n) is 8.83. The molecule has 2 atom stereocenters. The fraction of sp³-hybridized carbons (Fsp3) is 0.900. The van der Waals surface area contributed by atoms with Crippen LogP contribution >= 0.6 is 11.6 Å². The zero-order chi connectivity index (χ0) is 10.6. The second kappa shape index (κ2) is 5.56. The minimum atomic E-state index is 0.158. The van der Waals surface area contributed by atoms with Crippen molar-refractivity contribution in [1.82, 2.24) is 4.90 Å². The van der Waals surface area contributed by atoms with Gasteiger partial charge in [0.05, 0.1) is 18.8 Å². The van der Waals surface area contributed by atoms with E-state index in [4.69, 9.17) is 16.3 Å². The van der Waals surface area contributed by atoms with Crippen LogP contribution in [0, 0.1) is 0 Å². The van der Waals surface area contributed by atoms with Gasteiger partial charge in [0.2, 0.25) is 5.91 Å². The van der Waals surface area contributed by atoms with Gasteiger partial charge in [0.1, 0.15) is 0 Å². The first-order valence-electron chi connectivity index (χ1n) is 5.12. The highest BCUT2D eigenvalue weighted by Gasteiger charge is 2.26. The number of hydrogen-bond acceptors (Lipinski definition) is 2. The first-order chi connectivity index (χ1) is 6.65. The van der Waals surface area contributed by atoms with Gasteiger partial charge in [0, 0.05) is 18.8 Å². The van der Waals surface area contributed by atoms with Crippen LogP contribution in [0.5, 0.6) is 0 Å². The predicted molar refractivity (Wildman–Crippen MR) is 56.5 cm³/mol. The molecular weight excluding hydrogens is 202 g/mol. The first-order valence-corrected chi connectivity index (χ1v) is 5.65. The average molecular weight is 220 g/mol. The van der Waals surface area contributed by atoms with Gasteiger partial charge in [-0.1, -0.05) is 0 Å². The summed E-state index contributed by atoms with van der Waals surface area (Å²) in [5, 5.41) is 0. The SMILES string of the molecule is CC1CN(C(=O)CCCCl)C(C)CO1. The monoisotopic (exact) mass is 219 g/mol. The maximum absolute atomic E-state index is 11.7. The van der Waals surface area contributed by atoms with E-state index in [1.807, 2.05) is 18.7 Å². The van der Waals surface area contributed by atoms with Crippen LogP contribution in [0.1, 0.15) is 26.7 Å². The van der Waals surface area contributed by atoms with Gasteiger partial charge in [-0.25, -0.2) is 0 Å². The van der Waals surface area contributed by atoms with Crippen LogP contribution in [0.2, 0.25) is 0 Å². The molecule has 0 aliphatic carbocycles. The topological polar surface area (TPSA) is 29.5 Å². The lowest BCUT2D eigenvalue weighted by Gasteiger charge is -2.36. The Hall–Kier alpha value is -0.280. The first kappa shape index (κ1) is 11.8. The van der Waals surface area contributed by atoms with Crippen molar-refractivity contribution >= 4 is 17.5 Å². The van der Waals surface area contributed by atoms with E-state index in [0.29, 0.717) is 25.5 Å². The van der Waals surface area contributed by atoms with Crippen molar-refractivity contribution < 1.29 is 9.53 Å². The van der Waals surface area contributed by atoms with E-state index >= 15 is 0 Å². The lowest BCUT2D eigenvalue weighted by Crippen LogP contribution is -2.50.